The quantitative estimate of drug-likeness (QED) is 0.0634. The molecule has 0 aliphatic carbocycles. The Morgan fingerprint density at radius 3 is 1.67 bits per heavy atom. The molecule has 0 radical (unpaired) electrons. The number of ether oxygens (including phenoxy) is 3. The maximum Gasteiger partial charge on any atom is 0.334 e. The fourth-order valence-corrected chi connectivity index (χ4v) is 7.29. The third-order valence-electron chi connectivity index (χ3n) is 10.1. The monoisotopic (exact) mass is 638 g/mol. The standard InChI is InChI=1S/C37H66O8/c1-3-4-5-6-7-8-12-15-18-31(40)33-21-23-35(44-33)36-24-22-34(45-36)32(41)20-19-29(38)16-13-10-9-11-14-17-30(39)26-28-25-27(2)43-37(28)42/h25,27,29-36,38-41H,3-24,26H2,1-2H3/t27-,29+,30-,31+,32-,33-,34+,35+,36+/m0/s1. The van der Waals surface area contributed by atoms with Gasteiger partial charge in [0.25, 0.3) is 0 Å². The molecule has 8 nitrogen and oxygen atoms in total. The average molecular weight is 639 g/mol. The van der Waals surface area contributed by atoms with E-state index in [9.17, 15) is 25.2 Å². The first-order chi connectivity index (χ1) is 21.8. The number of carbonyl (C=O) groups excluding carboxylic acids is 1. The number of carbonyl (C=O) groups is 1. The van der Waals surface area contributed by atoms with E-state index in [1.54, 1.807) is 6.08 Å². The van der Waals surface area contributed by atoms with E-state index in [1.165, 1.54) is 44.9 Å². The van der Waals surface area contributed by atoms with Gasteiger partial charge in [0.2, 0.25) is 0 Å². The van der Waals surface area contributed by atoms with Gasteiger partial charge in [0.05, 0.1) is 48.8 Å². The van der Waals surface area contributed by atoms with Crippen LogP contribution in [0.15, 0.2) is 11.6 Å². The Hall–Kier alpha value is -1.03. The Balaban J connectivity index is 1.16. The van der Waals surface area contributed by atoms with E-state index in [0.717, 1.165) is 77.0 Å². The van der Waals surface area contributed by atoms with Gasteiger partial charge in [-0.2, -0.15) is 0 Å². The minimum atomic E-state index is -0.578. The molecule has 45 heavy (non-hydrogen) atoms. The zero-order valence-electron chi connectivity index (χ0n) is 28.5. The normalized spacial score (nSPS) is 27.8. The molecule has 0 saturated carbocycles. The van der Waals surface area contributed by atoms with Crippen LogP contribution in [0, 0.1) is 0 Å². The Bertz CT molecular complexity index is 833. The molecule has 8 heteroatoms. The largest absolute Gasteiger partial charge is 0.455 e. The van der Waals surface area contributed by atoms with Gasteiger partial charge >= 0.3 is 5.97 Å². The lowest BCUT2D eigenvalue weighted by molar-refractivity contribution is -0.139. The fraction of sp³-hybridized carbons (Fsp3) is 0.919. The average Bonchev–Trinajstić information content (AvgIpc) is 3.77. The van der Waals surface area contributed by atoms with E-state index in [1.807, 2.05) is 6.92 Å². The van der Waals surface area contributed by atoms with Crippen LogP contribution in [0.4, 0.5) is 0 Å². The topological polar surface area (TPSA) is 126 Å². The summed E-state index contributed by atoms with van der Waals surface area (Å²) in [7, 11) is 0. The second kappa shape index (κ2) is 21.8. The molecule has 4 N–H and O–H groups in total. The van der Waals surface area contributed by atoms with Crippen molar-refractivity contribution in [2.45, 2.75) is 216 Å². The van der Waals surface area contributed by atoms with Crippen molar-refractivity contribution in [3.63, 3.8) is 0 Å². The number of aliphatic hydroxyl groups excluding tert-OH is 4. The maximum absolute atomic E-state index is 11.7. The number of unbranched alkanes of at least 4 members (excludes halogenated alkanes) is 11. The predicted octanol–water partition coefficient (Wildman–Crippen LogP) is 6.83. The zero-order chi connectivity index (χ0) is 32.4. The van der Waals surface area contributed by atoms with E-state index in [2.05, 4.69) is 6.92 Å². The second-order valence-electron chi connectivity index (χ2n) is 14.2. The van der Waals surface area contributed by atoms with Gasteiger partial charge in [-0.1, -0.05) is 90.4 Å². The van der Waals surface area contributed by atoms with Gasteiger partial charge in [0.1, 0.15) is 6.10 Å². The van der Waals surface area contributed by atoms with Crippen LogP contribution in [0.2, 0.25) is 0 Å². The van der Waals surface area contributed by atoms with Crippen molar-refractivity contribution < 1.29 is 39.4 Å². The summed E-state index contributed by atoms with van der Waals surface area (Å²) in [6, 6.07) is 0. The molecule has 3 aliphatic rings. The molecule has 0 spiro atoms. The van der Waals surface area contributed by atoms with Gasteiger partial charge in [-0.05, 0) is 70.8 Å². The number of esters is 1. The first-order valence-corrected chi connectivity index (χ1v) is 18.7. The number of cyclic esters (lactones) is 1. The van der Waals surface area contributed by atoms with E-state index >= 15 is 0 Å². The highest BCUT2D eigenvalue weighted by atomic mass is 16.6. The Morgan fingerprint density at radius 2 is 1.13 bits per heavy atom. The van der Waals surface area contributed by atoms with Crippen molar-refractivity contribution in [3.05, 3.63) is 11.6 Å². The highest BCUT2D eigenvalue weighted by molar-refractivity contribution is 5.90. The van der Waals surface area contributed by atoms with Crippen LogP contribution in [-0.4, -0.2) is 81.3 Å². The summed E-state index contributed by atoms with van der Waals surface area (Å²) in [5.74, 6) is -0.305. The summed E-state index contributed by atoms with van der Waals surface area (Å²) in [5.41, 5.74) is 0.588. The third kappa shape index (κ3) is 14.7. The van der Waals surface area contributed by atoms with Crippen LogP contribution in [0.3, 0.4) is 0 Å². The molecule has 0 aromatic carbocycles. The van der Waals surface area contributed by atoms with Crippen molar-refractivity contribution in [2.75, 3.05) is 0 Å². The van der Waals surface area contributed by atoms with E-state index in [0.29, 0.717) is 31.3 Å². The first-order valence-electron chi connectivity index (χ1n) is 18.7. The number of hydrogen-bond acceptors (Lipinski definition) is 8. The fourth-order valence-electron chi connectivity index (χ4n) is 7.29. The number of aliphatic hydroxyl groups is 4. The molecule has 0 aromatic heterocycles. The summed E-state index contributed by atoms with van der Waals surface area (Å²) in [6.07, 6.45) is 21.6. The molecule has 0 amide bonds. The SMILES string of the molecule is CCCCCCCCCC[C@@H](O)[C@@H]1CC[C@H]([C@H]2CC[C@H]([C@@H](O)CC[C@H](O)CCCCCCC[C@H](O)CC3=C[C@H](C)OC3=O)O2)O1. The van der Waals surface area contributed by atoms with Gasteiger partial charge in [0.15, 0.2) is 0 Å². The third-order valence-corrected chi connectivity index (χ3v) is 10.1. The van der Waals surface area contributed by atoms with Crippen molar-refractivity contribution in [1.29, 1.82) is 0 Å². The van der Waals surface area contributed by atoms with Crippen LogP contribution in [0.1, 0.15) is 162 Å². The van der Waals surface area contributed by atoms with Crippen LogP contribution in [0.25, 0.3) is 0 Å². The van der Waals surface area contributed by atoms with Gasteiger partial charge in [0, 0.05) is 12.0 Å². The summed E-state index contributed by atoms with van der Waals surface area (Å²) in [6.45, 7) is 4.07. The van der Waals surface area contributed by atoms with Crippen LogP contribution < -0.4 is 0 Å². The van der Waals surface area contributed by atoms with Crippen molar-refractivity contribution in [1.82, 2.24) is 0 Å². The molecular formula is C37H66O8. The Labute approximate surface area is 273 Å². The molecule has 262 valence electrons. The minimum absolute atomic E-state index is 0.00146. The van der Waals surface area contributed by atoms with E-state index in [4.69, 9.17) is 14.2 Å². The molecule has 3 aliphatic heterocycles. The smallest absolute Gasteiger partial charge is 0.334 e. The predicted molar refractivity (Wildman–Crippen MR) is 177 cm³/mol. The van der Waals surface area contributed by atoms with Gasteiger partial charge in [-0.25, -0.2) is 4.79 Å². The van der Waals surface area contributed by atoms with E-state index < -0.39 is 24.4 Å². The minimum Gasteiger partial charge on any atom is -0.455 e. The van der Waals surface area contributed by atoms with Gasteiger partial charge in [-0.3, -0.25) is 0 Å². The Morgan fingerprint density at radius 1 is 0.644 bits per heavy atom. The highest BCUT2D eigenvalue weighted by Gasteiger charge is 2.40. The highest BCUT2D eigenvalue weighted by Crippen LogP contribution is 2.34. The van der Waals surface area contributed by atoms with E-state index in [-0.39, 0.29) is 36.5 Å². The summed E-state index contributed by atoms with van der Waals surface area (Å²) >= 11 is 0. The number of hydrogen-bond donors (Lipinski definition) is 4. The number of rotatable bonds is 25. The molecule has 0 bridgehead atoms. The molecular weight excluding hydrogens is 572 g/mol. The Kier molecular flexibility index (Phi) is 18.6. The van der Waals surface area contributed by atoms with Crippen LogP contribution >= 0.6 is 0 Å². The van der Waals surface area contributed by atoms with Crippen LogP contribution in [0.5, 0.6) is 0 Å². The molecule has 2 saturated heterocycles. The molecule has 0 unspecified atom stereocenters. The maximum atomic E-state index is 11.7. The molecule has 9 atom stereocenters. The van der Waals surface area contributed by atoms with Crippen molar-refractivity contribution >= 4 is 5.97 Å². The van der Waals surface area contributed by atoms with Gasteiger partial charge < -0.3 is 34.6 Å². The first kappa shape index (κ1) is 38.4. The lowest BCUT2D eigenvalue weighted by atomic mass is 9.99. The molecule has 2 fully saturated rings. The summed E-state index contributed by atoms with van der Waals surface area (Å²) < 4.78 is 17.6. The summed E-state index contributed by atoms with van der Waals surface area (Å²) in [5, 5.41) is 42.1. The molecule has 3 heterocycles. The summed E-state index contributed by atoms with van der Waals surface area (Å²) in [4.78, 5) is 11.7. The van der Waals surface area contributed by atoms with Gasteiger partial charge in [-0.15, -0.1) is 0 Å². The lowest BCUT2D eigenvalue weighted by Crippen LogP contribution is -2.33. The van der Waals surface area contributed by atoms with Crippen LogP contribution in [-0.2, 0) is 19.0 Å². The molecule has 0 aromatic rings. The van der Waals surface area contributed by atoms with Crippen molar-refractivity contribution in [3.8, 4) is 0 Å². The molecule has 3 rings (SSSR count). The zero-order valence-corrected chi connectivity index (χ0v) is 28.5. The lowest BCUT2D eigenvalue weighted by Gasteiger charge is -2.24. The second-order valence-corrected chi connectivity index (χ2v) is 14.2. The van der Waals surface area contributed by atoms with Crippen molar-refractivity contribution in [2.24, 2.45) is 0 Å².